The highest BCUT2D eigenvalue weighted by Gasteiger charge is 2.19. The van der Waals surface area contributed by atoms with Gasteiger partial charge >= 0.3 is 0 Å². The van der Waals surface area contributed by atoms with Crippen molar-refractivity contribution < 1.29 is 9.13 Å². The van der Waals surface area contributed by atoms with Crippen LogP contribution in [0.4, 0.5) is 4.39 Å². The summed E-state index contributed by atoms with van der Waals surface area (Å²) in [6, 6.07) is 0. The van der Waals surface area contributed by atoms with Gasteiger partial charge in [0.1, 0.15) is 6.10 Å². The van der Waals surface area contributed by atoms with Gasteiger partial charge in [-0.2, -0.15) is 9.37 Å². The lowest BCUT2D eigenvalue weighted by molar-refractivity contribution is 0.191. The molecule has 0 unspecified atom stereocenters. The highest BCUT2D eigenvalue weighted by Crippen LogP contribution is 2.24. The molecule has 5 heteroatoms. The van der Waals surface area contributed by atoms with E-state index >= 15 is 0 Å². The van der Waals surface area contributed by atoms with Crippen LogP contribution < -0.4 is 4.74 Å². The molecule has 0 N–H and O–H groups in total. The van der Waals surface area contributed by atoms with Gasteiger partial charge in [-0.05, 0) is 37.3 Å². The van der Waals surface area contributed by atoms with Crippen molar-refractivity contribution in [2.24, 2.45) is 0 Å². The Morgan fingerprint density at radius 3 is 2.86 bits per heavy atom. The second-order valence-corrected chi connectivity index (χ2v) is 3.65. The van der Waals surface area contributed by atoms with Crippen LogP contribution in [0.5, 0.6) is 5.88 Å². The minimum Gasteiger partial charge on any atom is -0.472 e. The zero-order chi connectivity index (χ0) is 9.97. The quantitative estimate of drug-likeness (QED) is 0.713. The van der Waals surface area contributed by atoms with Crippen LogP contribution in [0.2, 0.25) is 5.28 Å². The van der Waals surface area contributed by atoms with Crippen LogP contribution in [0.15, 0.2) is 6.20 Å². The maximum absolute atomic E-state index is 13.1. The molecular weight excluding hydrogens is 207 g/mol. The lowest BCUT2D eigenvalue weighted by Crippen LogP contribution is -2.13. The third-order valence-electron chi connectivity index (χ3n) is 2.26. The minimum atomic E-state index is -0.554. The van der Waals surface area contributed by atoms with Crippen LogP contribution in [-0.2, 0) is 0 Å². The molecule has 14 heavy (non-hydrogen) atoms. The molecule has 1 aliphatic carbocycles. The Bertz CT molecular complexity index is 329. The van der Waals surface area contributed by atoms with Crippen molar-refractivity contribution in [3.8, 4) is 5.88 Å². The van der Waals surface area contributed by atoms with Gasteiger partial charge in [0.15, 0.2) is 0 Å². The fraction of sp³-hybridized carbons (Fsp3) is 0.556. The number of halogens is 2. The van der Waals surface area contributed by atoms with Crippen molar-refractivity contribution >= 4 is 11.6 Å². The second-order valence-electron chi connectivity index (χ2n) is 3.32. The van der Waals surface area contributed by atoms with Gasteiger partial charge in [0.2, 0.25) is 11.1 Å². The molecule has 1 aliphatic rings. The average molecular weight is 217 g/mol. The van der Waals surface area contributed by atoms with Crippen molar-refractivity contribution in [1.29, 1.82) is 0 Å². The van der Waals surface area contributed by atoms with E-state index in [1.165, 1.54) is 0 Å². The lowest BCUT2D eigenvalue weighted by atomic mass is 10.3. The topological polar surface area (TPSA) is 35.0 Å². The van der Waals surface area contributed by atoms with Crippen molar-refractivity contribution in [2.75, 3.05) is 0 Å². The van der Waals surface area contributed by atoms with Crippen LogP contribution in [0.25, 0.3) is 0 Å². The van der Waals surface area contributed by atoms with E-state index < -0.39 is 5.82 Å². The average Bonchev–Trinajstić information content (AvgIpc) is 2.64. The molecule has 0 bridgehead atoms. The molecule has 3 nitrogen and oxygen atoms in total. The molecule has 1 aromatic rings. The third-order valence-corrected chi connectivity index (χ3v) is 2.45. The molecule has 2 rings (SSSR count). The van der Waals surface area contributed by atoms with Gasteiger partial charge in [-0.1, -0.05) is 0 Å². The molecule has 0 aromatic carbocycles. The Morgan fingerprint density at radius 1 is 1.43 bits per heavy atom. The van der Waals surface area contributed by atoms with Crippen LogP contribution in [0, 0.1) is 5.82 Å². The van der Waals surface area contributed by atoms with Crippen molar-refractivity contribution in [3.63, 3.8) is 0 Å². The largest absolute Gasteiger partial charge is 0.472 e. The molecular formula is C9H10ClFN2O. The number of rotatable bonds is 2. The first-order chi connectivity index (χ1) is 6.75. The first-order valence-electron chi connectivity index (χ1n) is 4.60. The predicted octanol–water partition coefficient (Wildman–Crippen LogP) is 2.59. The SMILES string of the molecule is Fc1cnc(Cl)nc1OC1CCCC1. The van der Waals surface area contributed by atoms with E-state index in [1.54, 1.807) is 0 Å². The molecule has 0 atom stereocenters. The molecule has 0 saturated heterocycles. The summed E-state index contributed by atoms with van der Waals surface area (Å²) in [7, 11) is 0. The van der Waals surface area contributed by atoms with Gasteiger partial charge in [0, 0.05) is 0 Å². The summed E-state index contributed by atoms with van der Waals surface area (Å²) in [6.45, 7) is 0. The lowest BCUT2D eigenvalue weighted by Gasteiger charge is -2.11. The van der Waals surface area contributed by atoms with Crippen molar-refractivity contribution in [2.45, 2.75) is 31.8 Å². The Labute approximate surface area is 86.3 Å². The van der Waals surface area contributed by atoms with E-state index in [-0.39, 0.29) is 17.3 Å². The van der Waals surface area contributed by atoms with Gasteiger partial charge in [-0.3, -0.25) is 0 Å². The Balaban J connectivity index is 2.10. The summed E-state index contributed by atoms with van der Waals surface area (Å²) in [6.07, 6.45) is 5.29. The molecule has 0 radical (unpaired) electrons. The molecule has 0 amide bonds. The maximum Gasteiger partial charge on any atom is 0.255 e. The minimum absolute atomic E-state index is 0.0133. The highest BCUT2D eigenvalue weighted by atomic mass is 35.5. The van der Waals surface area contributed by atoms with Crippen LogP contribution in [-0.4, -0.2) is 16.1 Å². The van der Waals surface area contributed by atoms with E-state index in [0.717, 1.165) is 31.9 Å². The summed E-state index contributed by atoms with van der Waals surface area (Å²) < 4.78 is 18.5. The zero-order valence-corrected chi connectivity index (χ0v) is 8.30. The van der Waals surface area contributed by atoms with Gasteiger partial charge < -0.3 is 4.74 Å². The normalized spacial score (nSPS) is 17.3. The van der Waals surface area contributed by atoms with Gasteiger partial charge in [-0.15, -0.1) is 0 Å². The molecule has 0 spiro atoms. The number of nitrogens with zero attached hydrogens (tertiary/aromatic N) is 2. The summed E-state index contributed by atoms with van der Waals surface area (Å²) >= 11 is 5.53. The Morgan fingerprint density at radius 2 is 2.14 bits per heavy atom. The van der Waals surface area contributed by atoms with Crippen LogP contribution >= 0.6 is 11.6 Å². The standard InChI is InChI=1S/C9H10ClFN2O/c10-9-12-5-7(11)8(13-9)14-6-3-1-2-4-6/h5-6H,1-4H2. The molecule has 1 saturated carbocycles. The highest BCUT2D eigenvalue weighted by molar-refractivity contribution is 6.28. The zero-order valence-electron chi connectivity index (χ0n) is 7.54. The van der Waals surface area contributed by atoms with Gasteiger partial charge in [-0.25, -0.2) is 4.98 Å². The van der Waals surface area contributed by atoms with E-state index in [0.29, 0.717) is 0 Å². The Kier molecular flexibility index (Phi) is 2.82. The van der Waals surface area contributed by atoms with Crippen LogP contribution in [0.3, 0.4) is 0 Å². The van der Waals surface area contributed by atoms with Crippen molar-refractivity contribution in [1.82, 2.24) is 9.97 Å². The maximum atomic E-state index is 13.1. The molecule has 76 valence electrons. The summed E-state index contributed by atoms with van der Waals surface area (Å²) in [5, 5.41) is 0.0133. The van der Waals surface area contributed by atoms with Crippen molar-refractivity contribution in [3.05, 3.63) is 17.3 Å². The smallest absolute Gasteiger partial charge is 0.255 e. The first kappa shape index (κ1) is 9.65. The van der Waals surface area contributed by atoms with E-state index in [2.05, 4.69) is 9.97 Å². The molecule has 1 fully saturated rings. The molecule has 0 aliphatic heterocycles. The summed E-state index contributed by atoms with van der Waals surface area (Å²) in [4.78, 5) is 7.21. The van der Waals surface area contributed by atoms with E-state index in [1.807, 2.05) is 0 Å². The predicted molar refractivity (Wildman–Crippen MR) is 49.9 cm³/mol. The van der Waals surface area contributed by atoms with E-state index in [4.69, 9.17) is 16.3 Å². The number of hydrogen-bond acceptors (Lipinski definition) is 3. The van der Waals surface area contributed by atoms with Crippen LogP contribution in [0.1, 0.15) is 25.7 Å². The molecule has 1 heterocycles. The number of hydrogen-bond donors (Lipinski definition) is 0. The third kappa shape index (κ3) is 2.12. The fourth-order valence-electron chi connectivity index (χ4n) is 1.58. The second kappa shape index (κ2) is 4.09. The van der Waals surface area contributed by atoms with Gasteiger partial charge in [0.05, 0.1) is 6.20 Å². The number of ether oxygens (including phenoxy) is 1. The Hall–Kier alpha value is -0.900. The van der Waals surface area contributed by atoms with E-state index in [9.17, 15) is 4.39 Å². The monoisotopic (exact) mass is 216 g/mol. The fourth-order valence-corrected chi connectivity index (χ4v) is 1.70. The summed E-state index contributed by atoms with van der Waals surface area (Å²) in [5.74, 6) is -0.585. The number of aromatic nitrogens is 2. The van der Waals surface area contributed by atoms with Gasteiger partial charge in [0.25, 0.3) is 5.88 Å². The molecule has 1 aromatic heterocycles. The summed E-state index contributed by atoms with van der Waals surface area (Å²) in [5.41, 5.74) is 0. The first-order valence-corrected chi connectivity index (χ1v) is 4.98.